The van der Waals surface area contributed by atoms with Gasteiger partial charge < -0.3 is 5.32 Å². The fraction of sp³-hybridized carbons (Fsp3) is 0. The molecule has 1 heterocycles. The molecule has 0 radical (unpaired) electrons. The molecule has 1 rings (SSSR count). The number of hydrogen-bond donors (Lipinski definition) is 1. The molecule has 1 aliphatic rings. The zero-order valence-electron chi connectivity index (χ0n) is 3.52. The molecule has 0 saturated carbocycles. The summed E-state index contributed by atoms with van der Waals surface area (Å²) in [4.78, 5) is 0. The molecule has 0 saturated heterocycles. The minimum atomic E-state index is 1.08. The van der Waals surface area contributed by atoms with Crippen LogP contribution in [0.4, 0.5) is 0 Å². The second-order valence-corrected chi connectivity index (χ2v) is 1.21. The van der Waals surface area contributed by atoms with Gasteiger partial charge in [0, 0.05) is 0 Å². The molecule has 6 heavy (non-hydrogen) atoms. The summed E-state index contributed by atoms with van der Waals surface area (Å²) in [6.45, 7) is 0. The van der Waals surface area contributed by atoms with E-state index in [9.17, 15) is 0 Å². The van der Waals surface area contributed by atoms with Crippen molar-refractivity contribution in [1.29, 1.82) is 0 Å². The molecule has 30 valence electrons. The van der Waals surface area contributed by atoms with E-state index in [1.54, 1.807) is 0 Å². The zero-order valence-corrected chi connectivity index (χ0v) is 3.52. The van der Waals surface area contributed by atoms with Crippen molar-refractivity contribution in [3.8, 4) is 0 Å². The fourth-order valence-electron chi connectivity index (χ4n) is 0.406. The van der Waals surface area contributed by atoms with E-state index in [2.05, 4.69) is 17.3 Å². The number of hydrogen-bond acceptors (Lipinski definition) is 1. The lowest BCUT2D eigenvalue weighted by Gasteiger charge is -1.90. The highest BCUT2D eigenvalue weighted by Gasteiger charge is 1.76. The van der Waals surface area contributed by atoms with Crippen molar-refractivity contribution < 1.29 is 0 Å². The Morgan fingerprint density at radius 2 is 1.83 bits per heavy atom. The molecular weight excluding hydrogens is 72.9 g/mol. The highest BCUT2D eigenvalue weighted by Crippen LogP contribution is 1.75. The van der Waals surface area contributed by atoms with Crippen molar-refractivity contribution in [3.05, 3.63) is 24.4 Å². The second-order valence-electron chi connectivity index (χ2n) is 1.21. The lowest BCUT2D eigenvalue weighted by atomic mass is 9.78. The van der Waals surface area contributed by atoms with Gasteiger partial charge in [0.2, 0.25) is 0 Å². The average molecular weight is 78.9 g/mol. The third-order valence-corrected chi connectivity index (χ3v) is 0.700. The largest absolute Gasteiger partial charge is 0.370 e. The van der Waals surface area contributed by atoms with Crippen molar-refractivity contribution >= 4 is 7.28 Å². The highest BCUT2D eigenvalue weighted by molar-refractivity contribution is 6.48. The van der Waals surface area contributed by atoms with Crippen LogP contribution in [0.25, 0.3) is 0 Å². The molecule has 0 amide bonds. The third kappa shape index (κ3) is 0.644. The summed E-state index contributed by atoms with van der Waals surface area (Å²) in [5, 5.41) is 2.92. The van der Waals surface area contributed by atoms with Gasteiger partial charge in [0.25, 0.3) is 0 Å². The monoisotopic (exact) mass is 79.1 g/mol. The molecule has 0 atom stereocenters. The first-order valence-electron chi connectivity index (χ1n) is 2.06. The van der Waals surface area contributed by atoms with Crippen LogP contribution in [-0.2, 0) is 0 Å². The standard InChI is InChI=1S/C4H6BN/c1-3-6-4-2-5-1/h1-6H. The maximum atomic E-state index is 2.92. The van der Waals surface area contributed by atoms with Gasteiger partial charge in [-0.25, -0.2) is 0 Å². The van der Waals surface area contributed by atoms with Crippen LogP contribution in [-0.4, -0.2) is 7.28 Å². The van der Waals surface area contributed by atoms with Gasteiger partial charge in [0.05, 0.1) is 0 Å². The normalized spacial score (nSPS) is 16.0. The summed E-state index contributed by atoms with van der Waals surface area (Å²) in [5.74, 6) is 4.14. The van der Waals surface area contributed by atoms with Crippen LogP contribution in [0.2, 0.25) is 0 Å². The summed E-state index contributed by atoms with van der Waals surface area (Å²) in [6.07, 6.45) is 3.86. The lowest BCUT2D eigenvalue weighted by molar-refractivity contribution is 1.20. The van der Waals surface area contributed by atoms with Gasteiger partial charge >= 0.3 is 0 Å². The van der Waals surface area contributed by atoms with Crippen molar-refractivity contribution in [2.75, 3.05) is 0 Å². The zero-order chi connectivity index (χ0) is 4.24. The van der Waals surface area contributed by atoms with Crippen molar-refractivity contribution in [1.82, 2.24) is 5.32 Å². The van der Waals surface area contributed by atoms with Crippen LogP contribution >= 0.6 is 0 Å². The molecule has 0 spiro atoms. The summed E-state index contributed by atoms with van der Waals surface area (Å²) < 4.78 is 0. The van der Waals surface area contributed by atoms with Crippen molar-refractivity contribution in [3.63, 3.8) is 0 Å². The predicted molar refractivity (Wildman–Crippen MR) is 28.6 cm³/mol. The van der Waals surface area contributed by atoms with E-state index in [1.807, 2.05) is 12.4 Å². The topological polar surface area (TPSA) is 12.0 Å². The predicted octanol–water partition coefficient (Wildman–Crippen LogP) is -0.0315. The van der Waals surface area contributed by atoms with Gasteiger partial charge in [-0.05, 0) is 12.4 Å². The van der Waals surface area contributed by atoms with E-state index >= 15 is 0 Å². The average Bonchev–Trinajstić information content (AvgIpc) is 1.72. The molecule has 0 fully saturated rings. The Bertz CT molecular complexity index is 65.5. The maximum absolute atomic E-state index is 2.92. The molecule has 2 heteroatoms. The quantitative estimate of drug-likeness (QED) is 0.402. The molecule has 0 unspecified atom stereocenters. The summed E-state index contributed by atoms with van der Waals surface area (Å²) in [6, 6.07) is 0. The molecule has 1 N–H and O–H groups in total. The molecule has 0 aromatic carbocycles. The smallest absolute Gasteiger partial charge is 0.177 e. The number of nitrogens with one attached hydrogen (secondary N) is 1. The number of rotatable bonds is 0. The Morgan fingerprint density at radius 3 is 2.00 bits per heavy atom. The van der Waals surface area contributed by atoms with E-state index in [1.165, 1.54) is 0 Å². The van der Waals surface area contributed by atoms with Gasteiger partial charge in [-0.1, -0.05) is 12.0 Å². The van der Waals surface area contributed by atoms with Crippen molar-refractivity contribution in [2.24, 2.45) is 0 Å². The van der Waals surface area contributed by atoms with E-state index in [4.69, 9.17) is 0 Å². The van der Waals surface area contributed by atoms with Crippen LogP contribution in [0.1, 0.15) is 0 Å². The van der Waals surface area contributed by atoms with E-state index in [-0.39, 0.29) is 0 Å². The molecule has 1 aliphatic heterocycles. The first-order valence-corrected chi connectivity index (χ1v) is 2.06. The molecular formula is C4H6BN. The van der Waals surface area contributed by atoms with Gasteiger partial charge in [-0.3, -0.25) is 0 Å². The van der Waals surface area contributed by atoms with Gasteiger partial charge in [0.15, 0.2) is 7.28 Å². The van der Waals surface area contributed by atoms with Gasteiger partial charge in [0.1, 0.15) is 0 Å². The highest BCUT2D eigenvalue weighted by atomic mass is 14.8. The Kier molecular flexibility index (Phi) is 1.00. The SMILES string of the molecule is B1C=CNC=C1. The van der Waals surface area contributed by atoms with E-state index in [0.29, 0.717) is 0 Å². The van der Waals surface area contributed by atoms with Crippen LogP contribution in [0.3, 0.4) is 0 Å². The first kappa shape index (κ1) is 3.53. The van der Waals surface area contributed by atoms with Crippen LogP contribution in [0.5, 0.6) is 0 Å². The Balaban J connectivity index is 2.40. The van der Waals surface area contributed by atoms with E-state index < -0.39 is 0 Å². The molecule has 0 aromatic heterocycles. The summed E-state index contributed by atoms with van der Waals surface area (Å²) in [5.41, 5.74) is 0. The summed E-state index contributed by atoms with van der Waals surface area (Å²) >= 11 is 0. The minimum Gasteiger partial charge on any atom is -0.370 e. The van der Waals surface area contributed by atoms with Gasteiger partial charge in [-0.2, -0.15) is 0 Å². The van der Waals surface area contributed by atoms with Crippen molar-refractivity contribution in [2.45, 2.75) is 0 Å². The lowest BCUT2D eigenvalue weighted by Crippen LogP contribution is -1.98. The molecule has 1 nitrogen and oxygen atoms in total. The summed E-state index contributed by atoms with van der Waals surface area (Å²) in [7, 11) is 1.08. The Morgan fingerprint density at radius 1 is 1.17 bits per heavy atom. The second kappa shape index (κ2) is 1.70. The first-order chi connectivity index (χ1) is 3.00. The Labute approximate surface area is 38.0 Å². The molecule has 0 bridgehead atoms. The maximum Gasteiger partial charge on any atom is 0.177 e. The molecule has 0 aromatic rings. The fourth-order valence-corrected chi connectivity index (χ4v) is 0.406. The van der Waals surface area contributed by atoms with Crippen LogP contribution in [0.15, 0.2) is 24.4 Å². The minimum absolute atomic E-state index is 1.08. The Hall–Kier alpha value is -0.655. The van der Waals surface area contributed by atoms with Gasteiger partial charge in [-0.15, -0.1) is 0 Å². The van der Waals surface area contributed by atoms with Crippen LogP contribution in [0, 0.1) is 0 Å². The van der Waals surface area contributed by atoms with Crippen LogP contribution < -0.4 is 5.32 Å². The van der Waals surface area contributed by atoms with E-state index in [0.717, 1.165) is 7.28 Å². The molecule has 0 aliphatic carbocycles. The third-order valence-electron chi connectivity index (χ3n) is 0.700.